The summed E-state index contributed by atoms with van der Waals surface area (Å²) in [6.45, 7) is 7.57. The van der Waals surface area contributed by atoms with Crippen LogP contribution in [0.4, 0.5) is 9.80 Å². The Labute approximate surface area is 241 Å². The van der Waals surface area contributed by atoms with E-state index in [1.165, 1.54) is 0 Å². The Morgan fingerprint density at radius 2 is 2.02 bits per heavy atom. The molecule has 2 unspecified atom stereocenters. The summed E-state index contributed by atoms with van der Waals surface area (Å²) >= 11 is 0. The average Bonchev–Trinajstić information content (AvgIpc) is 3.42. The highest BCUT2D eigenvalue weighted by atomic mass is 28.4. The minimum absolute atomic E-state index is 0.0309. The minimum Gasteiger partial charge on any atom is -0.490 e. The van der Waals surface area contributed by atoms with Gasteiger partial charge >= 0.3 is 0 Å². The number of ether oxygens (including phenoxy) is 2. The highest BCUT2D eigenvalue weighted by Crippen LogP contribution is 2.48. The lowest BCUT2D eigenvalue weighted by molar-refractivity contribution is -0.118. The molecule has 5 rings (SSSR count). The molecule has 0 saturated carbocycles. The van der Waals surface area contributed by atoms with E-state index >= 15 is 4.11 Å². The van der Waals surface area contributed by atoms with Gasteiger partial charge in [-0.2, -0.15) is 0 Å². The molecule has 11 heteroatoms. The topological polar surface area (TPSA) is 102 Å². The minimum atomic E-state index is -3.20. The van der Waals surface area contributed by atoms with Gasteiger partial charge in [-0.3, -0.25) is 9.48 Å². The van der Waals surface area contributed by atoms with Crippen LogP contribution < -0.4 is 15.0 Å². The lowest BCUT2D eigenvalue weighted by Crippen LogP contribution is -2.48. The summed E-state index contributed by atoms with van der Waals surface area (Å²) in [4.78, 5) is 14.3. The number of methoxy groups -OCH3 is 1. The molecule has 3 aromatic rings. The molecule has 0 spiro atoms. The summed E-state index contributed by atoms with van der Waals surface area (Å²) in [6.07, 6.45) is 1.69. The molecule has 0 aliphatic carbocycles. The number of rotatable bonds is 10. The zero-order valence-electron chi connectivity index (χ0n) is 24.2. The van der Waals surface area contributed by atoms with Gasteiger partial charge in [0.05, 0.1) is 30.9 Å². The van der Waals surface area contributed by atoms with Crippen LogP contribution in [0.3, 0.4) is 0 Å². The fraction of sp³-hybridized carbons (Fsp3) is 0.500. The molecule has 1 amide bonds. The fourth-order valence-electron chi connectivity index (χ4n) is 6.22. The zero-order valence-corrected chi connectivity index (χ0v) is 25.2. The number of aliphatic hydroxyl groups excluding tert-OH is 1. The number of aryl methyl sites for hydroxylation is 1. The van der Waals surface area contributed by atoms with E-state index in [1.807, 2.05) is 54.7 Å². The van der Waals surface area contributed by atoms with Crippen LogP contribution in [-0.4, -0.2) is 73.9 Å². The Hall–Kier alpha value is -3.12. The lowest BCUT2D eigenvalue weighted by atomic mass is 9.86. The first-order valence-electron chi connectivity index (χ1n) is 14.3. The standard InChI is InChI=1S/C30H40FN5O4Si/c1-20-29(39-2)23-16-22(36-15-13-32-17-28(36)38)10-11-26(23)40-30(20)27(41(3,4)31)12-14-35-18-25(33-34-35)24(19-37)21-8-6-5-7-9-21/h5-11,16,18,20,24,27,29-30,32,37H,12-15,17,19H2,1-4H3/t20-,24?,27?,29-,30-/m0/s1. The highest BCUT2D eigenvalue weighted by molar-refractivity contribution is 6.72. The van der Waals surface area contributed by atoms with Gasteiger partial charge in [-0.25, -0.2) is 0 Å². The van der Waals surface area contributed by atoms with Gasteiger partial charge in [0.2, 0.25) is 14.3 Å². The van der Waals surface area contributed by atoms with E-state index < -0.39 is 8.41 Å². The molecule has 1 saturated heterocycles. The van der Waals surface area contributed by atoms with Crippen molar-refractivity contribution in [2.75, 3.05) is 38.3 Å². The fourth-order valence-corrected chi connectivity index (χ4v) is 8.19. The first-order chi connectivity index (χ1) is 19.7. The molecule has 2 N–H and O–H groups in total. The van der Waals surface area contributed by atoms with Crippen molar-refractivity contribution in [2.24, 2.45) is 5.92 Å². The molecule has 2 aliphatic rings. The second-order valence-electron chi connectivity index (χ2n) is 11.6. The molecule has 2 aliphatic heterocycles. The first kappa shape index (κ1) is 29.4. The summed E-state index contributed by atoms with van der Waals surface area (Å²) in [5, 5.41) is 21.8. The maximum absolute atomic E-state index is 16.0. The SMILES string of the molecule is CO[C@@H]1c2cc(N3CCNCC3=O)ccc2O[C@H](C(CCn2cc(C(CO)c3ccccc3)nn2)[Si](C)(C)F)[C@H]1C. The Morgan fingerprint density at radius 1 is 1.24 bits per heavy atom. The predicted molar refractivity (Wildman–Crippen MR) is 157 cm³/mol. The van der Waals surface area contributed by atoms with Crippen LogP contribution >= 0.6 is 0 Å². The van der Waals surface area contributed by atoms with E-state index in [2.05, 4.69) is 22.6 Å². The van der Waals surface area contributed by atoms with Crippen molar-refractivity contribution in [2.45, 2.75) is 56.7 Å². The predicted octanol–water partition coefficient (Wildman–Crippen LogP) is 4.06. The molecule has 0 bridgehead atoms. The van der Waals surface area contributed by atoms with Gasteiger partial charge in [-0.15, -0.1) is 5.10 Å². The van der Waals surface area contributed by atoms with Crippen LogP contribution in [-0.2, 0) is 16.1 Å². The Morgan fingerprint density at radius 3 is 2.71 bits per heavy atom. The lowest BCUT2D eigenvalue weighted by Gasteiger charge is -2.43. The third-order valence-electron chi connectivity index (χ3n) is 8.46. The van der Waals surface area contributed by atoms with E-state index in [-0.39, 0.29) is 42.1 Å². The third kappa shape index (κ3) is 6.23. The molecule has 0 radical (unpaired) electrons. The molecular weight excluding hydrogens is 541 g/mol. The number of hydrogen-bond acceptors (Lipinski definition) is 7. The Kier molecular flexibility index (Phi) is 8.88. The van der Waals surface area contributed by atoms with Crippen molar-refractivity contribution in [3.63, 3.8) is 0 Å². The van der Waals surface area contributed by atoms with Gasteiger partial charge < -0.3 is 28.9 Å². The normalized spacial score (nSPS) is 22.6. The van der Waals surface area contributed by atoms with Crippen molar-refractivity contribution in [1.29, 1.82) is 0 Å². The van der Waals surface area contributed by atoms with Crippen molar-refractivity contribution in [3.05, 3.63) is 71.5 Å². The summed E-state index contributed by atoms with van der Waals surface area (Å²) in [6, 6.07) is 15.5. The van der Waals surface area contributed by atoms with Crippen LogP contribution in [0, 0.1) is 5.92 Å². The van der Waals surface area contributed by atoms with Crippen molar-refractivity contribution >= 4 is 20.0 Å². The molecule has 41 heavy (non-hydrogen) atoms. The molecule has 220 valence electrons. The number of carbonyl (C=O) groups excluding carboxylic acids is 1. The molecular formula is C30H40FN5O4Si. The summed E-state index contributed by atoms with van der Waals surface area (Å²) < 4.78 is 30.3. The monoisotopic (exact) mass is 581 g/mol. The quantitative estimate of drug-likeness (QED) is 0.275. The van der Waals surface area contributed by atoms with Crippen LogP contribution in [0.15, 0.2) is 54.7 Å². The molecule has 5 atom stereocenters. The second kappa shape index (κ2) is 12.4. The molecule has 1 aromatic heterocycles. The number of hydrogen-bond donors (Lipinski definition) is 2. The average molecular weight is 582 g/mol. The van der Waals surface area contributed by atoms with Gasteiger partial charge in [0, 0.05) is 55.7 Å². The van der Waals surface area contributed by atoms with Gasteiger partial charge in [0.25, 0.3) is 0 Å². The number of carbonyl (C=O) groups is 1. The summed E-state index contributed by atoms with van der Waals surface area (Å²) in [5.41, 5.74) is 3.03. The van der Waals surface area contributed by atoms with Crippen molar-refractivity contribution in [3.8, 4) is 5.75 Å². The van der Waals surface area contributed by atoms with E-state index in [4.69, 9.17) is 9.47 Å². The van der Waals surface area contributed by atoms with Crippen LogP contribution in [0.1, 0.15) is 42.2 Å². The Bertz CT molecular complexity index is 1330. The molecule has 3 heterocycles. The maximum Gasteiger partial charge on any atom is 0.247 e. The Balaban J connectivity index is 1.35. The van der Waals surface area contributed by atoms with Crippen LogP contribution in [0.5, 0.6) is 5.75 Å². The van der Waals surface area contributed by atoms with Gasteiger partial charge in [0.1, 0.15) is 11.9 Å². The van der Waals surface area contributed by atoms with E-state index in [0.29, 0.717) is 37.5 Å². The number of amides is 1. The number of nitrogens with one attached hydrogen (secondary N) is 1. The molecule has 2 aromatic carbocycles. The van der Waals surface area contributed by atoms with Crippen LogP contribution in [0.2, 0.25) is 18.6 Å². The van der Waals surface area contributed by atoms with Crippen molar-refractivity contribution < 1.29 is 23.5 Å². The van der Waals surface area contributed by atoms with Gasteiger partial charge in [0.15, 0.2) is 0 Å². The second-order valence-corrected chi connectivity index (χ2v) is 15.4. The molecule has 9 nitrogen and oxygen atoms in total. The number of anilines is 1. The number of aliphatic hydroxyl groups is 1. The van der Waals surface area contributed by atoms with E-state index in [9.17, 15) is 9.90 Å². The highest BCUT2D eigenvalue weighted by Gasteiger charge is 2.47. The molecule has 1 fully saturated rings. The maximum atomic E-state index is 16.0. The summed E-state index contributed by atoms with van der Waals surface area (Å²) in [5.74, 6) is 0.321. The number of fused-ring (bicyclic) bond motifs is 1. The summed E-state index contributed by atoms with van der Waals surface area (Å²) in [7, 11) is -1.53. The van der Waals surface area contributed by atoms with E-state index in [0.717, 1.165) is 23.4 Å². The third-order valence-corrected chi connectivity index (χ3v) is 10.8. The largest absolute Gasteiger partial charge is 0.490 e. The number of benzene rings is 2. The number of aromatic nitrogens is 3. The number of piperazine rings is 1. The van der Waals surface area contributed by atoms with Crippen molar-refractivity contribution in [1.82, 2.24) is 20.3 Å². The van der Waals surface area contributed by atoms with Crippen LogP contribution in [0.25, 0.3) is 0 Å². The zero-order chi connectivity index (χ0) is 29.1. The number of nitrogens with zero attached hydrogens (tertiary/aromatic N) is 4. The van der Waals surface area contributed by atoms with E-state index in [1.54, 1.807) is 29.8 Å². The van der Waals surface area contributed by atoms with Gasteiger partial charge in [-0.05, 0) is 43.3 Å². The smallest absolute Gasteiger partial charge is 0.247 e. The van der Waals surface area contributed by atoms with Gasteiger partial charge in [-0.1, -0.05) is 42.5 Å². The number of halogens is 1. The first-order valence-corrected chi connectivity index (χ1v) is 17.3.